The monoisotopic (exact) mass is 360 g/mol. The van der Waals surface area contributed by atoms with Crippen molar-refractivity contribution < 1.29 is 14.3 Å². The SMILES string of the molecule is COC(=O)c1ccc(Cl)c(NC(=O)CNc2ccccc2C(C)C)c1. The highest BCUT2D eigenvalue weighted by atomic mass is 35.5. The van der Waals surface area contributed by atoms with E-state index in [1.807, 2.05) is 24.3 Å². The second kappa shape index (κ2) is 8.53. The van der Waals surface area contributed by atoms with Crippen molar-refractivity contribution in [1.29, 1.82) is 0 Å². The minimum atomic E-state index is -0.490. The fourth-order valence-corrected chi connectivity index (χ4v) is 2.56. The molecule has 0 radical (unpaired) electrons. The van der Waals surface area contributed by atoms with Gasteiger partial charge in [-0.1, -0.05) is 43.6 Å². The topological polar surface area (TPSA) is 67.4 Å². The summed E-state index contributed by atoms with van der Waals surface area (Å²) in [7, 11) is 1.30. The van der Waals surface area contributed by atoms with Crippen molar-refractivity contribution in [3.63, 3.8) is 0 Å². The lowest BCUT2D eigenvalue weighted by Crippen LogP contribution is -2.22. The van der Waals surface area contributed by atoms with Crippen LogP contribution >= 0.6 is 11.6 Å². The summed E-state index contributed by atoms with van der Waals surface area (Å²) in [6.07, 6.45) is 0. The standard InChI is InChI=1S/C19H21ClN2O3/c1-12(2)14-6-4-5-7-16(14)21-11-18(23)22-17-10-13(19(24)25-3)8-9-15(17)20/h4-10,12,21H,11H2,1-3H3,(H,22,23). The number of rotatable bonds is 6. The summed E-state index contributed by atoms with van der Waals surface area (Å²) in [5.41, 5.74) is 2.75. The highest BCUT2D eigenvalue weighted by Crippen LogP contribution is 2.25. The van der Waals surface area contributed by atoms with Gasteiger partial charge in [-0.15, -0.1) is 0 Å². The molecule has 5 nitrogen and oxygen atoms in total. The van der Waals surface area contributed by atoms with Crippen LogP contribution in [0, 0.1) is 0 Å². The van der Waals surface area contributed by atoms with Gasteiger partial charge in [0, 0.05) is 5.69 Å². The van der Waals surface area contributed by atoms with Gasteiger partial charge in [-0.05, 0) is 35.7 Å². The summed E-state index contributed by atoms with van der Waals surface area (Å²) in [4.78, 5) is 23.8. The van der Waals surface area contributed by atoms with Gasteiger partial charge in [0.15, 0.2) is 0 Å². The van der Waals surface area contributed by atoms with Crippen molar-refractivity contribution >= 4 is 34.9 Å². The molecule has 0 unspecified atom stereocenters. The molecule has 0 heterocycles. The first kappa shape index (κ1) is 18.8. The molecule has 2 aromatic carbocycles. The van der Waals surface area contributed by atoms with E-state index < -0.39 is 5.97 Å². The van der Waals surface area contributed by atoms with Crippen LogP contribution in [0.25, 0.3) is 0 Å². The zero-order chi connectivity index (χ0) is 18.4. The third-order valence-electron chi connectivity index (χ3n) is 3.68. The molecule has 0 aromatic heterocycles. The van der Waals surface area contributed by atoms with Crippen molar-refractivity contribution in [3.8, 4) is 0 Å². The third kappa shape index (κ3) is 4.97. The molecule has 0 bridgehead atoms. The maximum absolute atomic E-state index is 12.2. The van der Waals surface area contributed by atoms with Crippen LogP contribution in [0.1, 0.15) is 35.7 Å². The number of nitrogens with one attached hydrogen (secondary N) is 2. The van der Waals surface area contributed by atoms with Crippen LogP contribution in [-0.4, -0.2) is 25.5 Å². The molecule has 0 spiro atoms. The average Bonchev–Trinajstić information content (AvgIpc) is 2.61. The van der Waals surface area contributed by atoms with E-state index in [2.05, 4.69) is 29.2 Å². The Morgan fingerprint density at radius 2 is 1.84 bits per heavy atom. The number of carbonyl (C=O) groups excluding carboxylic acids is 2. The van der Waals surface area contributed by atoms with Crippen LogP contribution in [-0.2, 0) is 9.53 Å². The molecule has 0 aliphatic rings. The second-order valence-electron chi connectivity index (χ2n) is 5.83. The number of methoxy groups -OCH3 is 1. The van der Waals surface area contributed by atoms with Crippen molar-refractivity contribution in [2.45, 2.75) is 19.8 Å². The first-order valence-electron chi connectivity index (χ1n) is 7.93. The van der Waals surface area contributed by atoms with E-state index in [0.29, 0.717) is 22.2 Å². The Morgan fingerprint density at radius 3 is 2.52 bits per heavy atom. The van der Waals surface area contributed by atoms with Gasteiger partial charge >= 0.3 is 5.97 Å². The van der Waals surface area contributed by atoms with Crippen LogP contribution in [0.15, 0.2) is 42.5 Å². The molecule has 2 rings (SSSR count). The van der Waals surface area contributed by atoms with Gasteiger partial charge in [0.1, 0.15) is 0 Å². The first-order valence-corrected chi connectivity index (χ1v) is 8.30. The maximum atomic E-state index is 12.2. The third-order valence-corrected chi connectivity index (χ3v) is 4.01. The second-order valence-corrected chi connectivity index (χ2v) is 6.24. The van der Waals surface area contributed by atoms with Crippen LogP contribution in [0.4, 0.5) is 11.4 Å². The molecule has 2 aromatic rings. The zero-order valence-electron chi connectivity index (χ0n) is 14.4. The van der Waals surface area contributed by atoms with E-state index in [0.717, 1.165) is 11.3 Å². The molecule has 132 valence electrons. The summed E-state index contributed by atoms with van der Waals surface area (Å²) >= 11 is 6.08. The molecule has 0 saturated carbocycles. The Labute approximate surface area is 152 Å². The molecule has 1 amide bonds. The fraction of sp³-hybridized carbons (Fsp3) is 0.263. The Morgan fingerprint density at radius 1 is 1.12 bits per heavy atom. The summed E-state index contributed by atoms with van der Waals surface area (Å²) in [5.74, 6) is -0.406. The molecule has 25 heavy (non-hydrogen) atoms. The van der Waals surface area contributed by atoms with Crippen molar-refractivity contribution in [1.82, 2.24) is 0 Å². The van der Waals surface area contributed by atoms with Gasteiger partial charge in [0.25, 0.3) is 0 Å². The molecule has 0 atom stereocenters. The minimum absolute atomic E-state index is 0.0858. The Kier molecular flexibility index (Phi) is 6.42. The Bertz CT molecular complexity index is 775. The van der Waals surface area contributed by atoms with Gasteiger partial charge < -0.3 is 15.4 Å². The lowest BCUT2D eigenvalue weighted by atomic mass is 10.0. The van der Waals surface area contributed by atoms with Gasteiger partial charge in [0.2, 0.25) is 5.91 Å². The van der Waals surface area contributed by atoms with E-state index in [4.69, 9.17) is 11.6 Å². The van der Waals surface area contributed by atoms with E-state index in [1.165, 1.54) is 13.2 Å². The van der Waals surface area contributed by atoms with Crippen LogP contribution < -0.4 is 10.6 Å². The van der Waals surface area contributed by atoms with E-state index >= 15 is 0 Å². The number of esters is 1. The average molecular weight is 361 g/mol. The van der Waals surface area contributed by atoms with E-state index in [9.17, 15) is 9.59 Å². The highest BCUT2D eigenvalue weighted by molar-refractivity contribution is 6.33. The lowest BCUT2D eigenvalue weighted by Gasteiger charge is -2.15. The summed E-state index contributed by atoms with van der Waals surface area (Å²) in [5, 5.41) is 6.19. The van der Waals surface area contributed by atoms with Gasteiger partial charge in [-0.3, -0.25) is 4.79 Å². The number of hydrogen-bond acceptors (Lipinski definition) is 4. The van der Waals surface area contributed by atoms with E-state index in [1.54, 1.807) is 12.1 Å². The van der Waals surface area contributed by atoms with Crippen LogP contribution in [0.2, 0.25) is 5.02 Å². The molecule has 0 saturated heterocycles. The first-order chi connectivity index (χ1) is 11.9. The number of ether oxygens (including phenoxy) is 1. The van der Waals surface area contributed by atoms with Crippen molar-refractivity contribution in [3.05, 3.63) is 58.6 Å². The number of hydrogen-bond donors (Lipinski definition) is 2. The van der Waals surface area contributed by atoms with Crippen molar-refractivity contribution in [2.24, 2.45) is 0 Å². The summed E-state index contributed by atoms with van der Waals surface area (Å²) in [6, 6.07) is 12.4. The molecule has 6 heteroatoms. The Balaban J connectivity index is 2.05. The molecule has 0 aliphatic heterocycles. The molecule has 2 N–H and O–H groups in total. The predicted molar refractivity (Wildman–Crippen MR) is 100 cm³/mol. The van der Waals surface area contributed by atoms with Crippen LogP contribution in [0.3, 0.4) is 0 Å². The van der Waals surface area contributed by atoms with Gasteiger partial charge in [-0.25, -0.2) is 4.79 Å². The summed E-state index contributed by atoms with van der Waals surface area (Å²) < 4.78 is 4.67. The summed E-state index contributed by atoms with van der Waals surface area (Å²) in [6.45, 7) is 4.28. The normalized spacial score (nSPS) is 10.4. The van der Waals surface area contributed by atoms with E-state index in [-0.39, 0.29) is 12.5 Å². The molecule has 0 fully saturated rings. The number of amides is 1. The zero-order valence-corrected chi connectivity index (χ0v) is 15.2. The van der Waals surface area contributed by atoms with Crippen LogP contribution in [0.5, 0.6) is 0 Å². The molecule has 0 aliphatic carbocycles. The number of para-hydroxylation sites is 1. The van der Waals surface area contributed by atoms with Gasteiger partial charge in [0.05, 0.1) is 29.9 Å². The largest absolute Gasteiger partial charge is 0.465 e. The smallest absolute Gasteiger partial charge is 0.337 e. The maximum Gasteiger partial charge on any atom is 0.337 e. The quantitative estimate of drug-likeness (QED) is 0.753. The lowest BCUT2D eigenvalue weighted by molar-refractivity contribution is -0.114. The number of anilines is 2. The molecular formula is C19H21ClN2O3. The van der Waals surface area contributed by atoms with Crippen molar-refractivity contribution in [2.75, 3.05) is 24.3 Å². The number of benzene rings is 2. The number of halogens is 1. The fourth-order valence-electron chi connectivity index (χ4n) is 2.40. The minimum Gasteiger partial charge on any atom is -0.465 e. The highest BCUT2D eigenvalue weighted by Gasteiger charge is 2.12. The number of carbonyl (C=O) groups is 2. The molecular weight excluding hydrogens is 340 g/mol. The Hall–Kier alpha value is -2.53. The predicted octanol–water partition coefficient (Wildman–Crippen LogP) is 4.30. The van der Waals surface area contributed by atoms with Gasteiger partial charge in [-0.2, -0.15) is 0 Å².